The van der Waals surface area contributed by atoms with Gasteiger partial charge in [0.05, 0.1) is 5.56 Å². The molecule has 144 valence electrons. The van der Waals surface area contributed by atoms with Crippen LogP contribution < -0.4 is 10.1 Å². The van der Waals surface area contributed by atoms with Gasteiger partial charge in [0.2, 0.25) is 11.8 Å². The van der Waals surface area contributed by atoms with Crippen molar-refractivity contribution < 1.29 is 19.1 Å². The summed E-state index contributed by atoms with van der Waals surface area (Å²) in [5.41, 5.74) is 1.16. The van der Waals surface area contributed by atoms with Crippen LogP contribution in [0.3, 0.4) is 0 Å². The van der Waals surface area contributed by atoms with Crippen molar-refractivity contribution in [2.75, 3.05) is 0 Å². The standard InChI is InChI=1S/C19H16ClN3O4S/c1-11(24)21-19-22-23(12(2)25)17(28-19)13-5-9-16(10-6-13)27-18(26)14-3-7-15(20)8-4-14/h3-10,17H,1-2H3,(H,21,22,24)/t17-/m1/s1. The summed E-state index contributed by atoms with van der Waals surface area (Å²) in [4.78, 5) is 35.3. The molecular formula is C19H16ClN3O4S. The predicted octanol–water partition coefficient (Wildman–Crippen LogP) is 3.56. The molecule has 1 N–H and O–H groups in total. The number of thioether (sulfide) groups is 1. The highest BCUT2D eigenvalue weighted by Crippen LogP contribution is 2.39. The maximum Gasteiger partial charge on any atom is 0.343 e. The molecule has 2 aromatic carbocycles. The van der Waals surface area contributed by atoms with Crippen LogP contribution in [-0.4, -0.2) is 28.0 Å². The zero-order valence-electron chi connectivity index (χ0n) is 15.0. The fourth-order valence-electron chi connectivity index (χ4n) is 2.43. The molecule has 1 aliphatic rings. The average molecular weight is 418 g/mol. The number of ether oxygens (including phenoxy) is 1. The van der Waals surface area contributed by atoms with Crippen molar-refractivity contribution in [2.45, 2.75) is 19.2 Å². The maximum atomic E-state index is 12.2. The van der Waals surface area contributed by atoms with Gasteiger partial charge in [-0.2, -0.15) is 0 Å². The SMILES string of the molecule is CC(=O)NC1=NN(C(C)=O)[C@@H](c2ccc(OC(=O)c3ccc(Cl)cc3)cc2)S1. The molecule has 0 unspecified atom stereocenters. The first-order valence-electron chi connectivity index (χ1n) is 8.24. The lowest BCUT2D eigenvalue weighted by molar-refractivity contribution is -0.129. The minimum Gasteiger partial charge on any atom is -0.423 e. The number of hydrazone groups is 1. The van der Waals surface area contributed by atoms with Gasteiger partial charge >= 0.3 is 5.97 Å². The topological polar surface area (TPSA) is 88.1 Å². The van der Waals surface area contributed by atoms with Gasteiger partial charge in [0, 0.05) is 18.9 Å². The van der Waals surface area contributed by atoms with Crippen molar-refractivity contribution in [3.63, 3.8) is 0 Å². The lowest BCUT2D eigenvalue weighted by atomic mass is 10.2. The summed E-state index contributed by atoms with van der Waals surface area (Å²) in [7, 11) is 0. The Labute approximate surface area is 170 Å². The van der Waals surface area contributed by atoms with Crippen molar-refractivity contribution in [3.05, 3.63) is 64.7 Å². The molecular weight excluding hydrogens is 402 g/mol. The van der Waals surface area contributed by atoms with Crippen LogP contribution in [0, 0.1) is 0 Å². The van der Waals surface area contributed by atoms with E-state index in [1.807, 2.05) is 0 Å². The van der Waals surface area contributed by atoms with Gasteiger partial charge in [0.15, 0.2) is 5.17 Å². The predicted molar refractivity (Wildman–Crippen MR) is 107 cm³/mol. The third-order valence-electron chi connectivity index (χ3n) is 3.71. The van der Waals surface area contributed by atoms with Crippen molar-refractivity contribution >= 4 is 46.3 Å². The van der Waals surface area contributed by atoms with Gasteiger partial charge in [-0.3, -0.25) is 9.59 Å². The second-order valence-corrected chi connectivity index (χ2v) is 7.39. The Morgan fingerprint density at radius 3 is 2.29 bits per heavy atom. The van der Waals surface area contributed by atoms with E-state index in [-0.39, 0.29) is 11.8 Å². The highest BCUT2D eigenvalue weighted by atomic mass is 35.5. The van der Waals surface area contributed by atoms with E-state index in [0.29, 0.717) is 21.5 Å². The highest BCUT2D eigenvalue weighted by Gasteiger charge is 2.32. The molecule has 0 saturated heterocycles. The maximum absolute atomic E-state index is 12.2. The number of carbonyl (C=O) groups is 3. The van der Waals surface area contributed by atoms with Gasteiger partial charge in [-0.15, -0.1) is 5.10 Å². The lowest BCUT2D eigenvalue weighted by Crippen LogP contribution is -2.25. The van der Waals surface area contributed by atoms with Crippen LogP contribution in [0.5, 0.6) is 5.75 Å². The Balaban J connectivity index is 1.71. The monoisotopic (exact) mass is 417 g/mol. The number of halogens is 1. The largest absolute Gasteiger partial charge is 0.423 e. The number of esters is 1. The first kappa shape index (κ1) is 19.9. The summed E-state index contributed by atoms with van der Waals surface area (Å²) >= 11 is 7.06. The van der Waals surface area contributed by atoms with Crippen LogP contribution in [0.4, 0.5) is 0 Å². The van der Waals surface area contributed by atoms with E-state index in [1.165, 1.54) is 30.6 Å². The van der Waals surface area contributed by atoms with E-state index in [0.717, 1.165) is 5.56 Å². The molecule has 2 amide bonds. The zero-order valence-corrected chi connectivity index (χ0v) is 16.6. The Hall–Kier alpha value is -2.84. The normalized spacial score (nSPS) is 15.8. The quantitative estimate of drug-likeness (QED) is 0.609. The van der Waals surface area contributed by atoms with Crippen molar-refractivity contribution in [1.82, 2.24) is 10.3 Å². The van der Waals surface area contributed by atoms with Crippen molar-refractivity contribution in [3.8, 4) is 5.75 Å². The summed E-state index contributed by atoms with van der Waals surface area (Å²) in [6, 6.07) is 13.1. The lowest BCUT2D eigenvalue weighted by Gasteiger charge is -2.19. The van der Waals surface area contributed by atoms with Crippen LogP contribution in [0.15, 0.2) is 53.6 Å². The number of hydrogen-bond donors (Lipinski definition) is 1. The number of nitrogens with zero attached hydrogens (tertiary/aromatic N) is 2. The van der Waals surface area contributed by atoms with Gasteiger partial charge < -0.3 is 10.1 Å². The Kier molecular flexibility index (Phi) is 6.01. The van der Waals surface area contributed by atoms with Crippen LogP contribution in [0.1, 0.15) is 35.1 Å². The third kappa shape index (κ3) is 4.71. The van der Waals surface area contributed by atoms with Gasteiger partial charge in [0.25, 0.3) is 0 Å². The molecule has 0 radical (unpaired) electrons. The molecule has 0 bridgehead atoms. The summed E-state index contributed by atoms with van der Waals surface area (Å²) in [6.07, 6.45) is 0. The smallest absolute Gasteiger partial charge is 0.343 e. The van der Waals surface area contributed by atoms with E-state index in [2.05, 4.69) is 10.4 Å². The van der Waals surface area contributed by atoms with Crippen LogP contribution >= 0.6 is 23.4 Å². The van der Waals surface area contributed by atoms with E-state index in [4.69, 9.17) is 16.3 Å². The molecule has 1 heterocycles. The minimum absolute atomic E-state index is 0.254. The Morgan fingerprint density at radius 1 is 1.07 bits per heavy atom. The van der Waals surface area contributed by atoms with Crippen molar-refractivity contribution in [2.24, 2.45) is 5.10 Å². The van der Waals surface area contributed by atoms with E-state index >= 15 is 0 Å². The molecule has 0 aromatic heterocycles. The average Bonchev–Trinajstić information content (AvgIpc) is 3.06. The summed E-state index contributed by atoms with van der Waals surface area (Å²) < 4.78 is 5.35. The molecule has 28 heavy (non-hydrogen) atoms. The molecule has 9 heteroatoms. The fourth-order valence-corrected chi connectivity index (χ4v) is 3.70. The second-order valence-electron chi connectivity index (χ2n) is 5.89. The molecule has 0 fully saturated rings. The Morgan fingerprint density at radius 2 is 1.71 bits per heavy atom. The molecule has 0 spiro atoms. The van der Waals surface area contributed by atoms with E-state index in [9.17, 15) is 14.4 Å². The first-order chi connectivity index (χ1) is 13.3. The number of benzene rings is 2. The molecule has 7 nitrogen and oxygen atoms in total. The second kappa shape index (κ2) is 8.45. The van der Waals surface area contributed by atoms with Crippen LogP contribution in [-0.2, 0) is 9.59 Å². The fraction of sp³-hybridized carbons (Fsp3) is 0.158. The highest BCUT2D eigenvalue weighted by molar-refractivity contribution is 8.14. The van der Waals surface area contributed by atoms with Gasteiger partial charge in [0.1, 0.15) is 11.1 Å². The van der Waals surface area contributed by atoms with Gasteiger partial charge in [-0.25, -0.2) is 9.80 Å². The molecule has 0 aliphatic carbocycles. The molecule has 2 aromatic rings. The minimum atomic E-state index is -0.499. The third-order valence-corrected chi connectivity index (χ3v) is 5.06. The molecule has 1 atom stereocenters. The van der Waals surface area contributed by atoms with E-state index < -0.39 is 11.3 Å². The number of carbonyl (C=O) groups excluding carboxylic acids is 3. The summed E-state index contributed by atoms with van der Waals surface area (Å²) in [5.74, 6) is -0.652. The van der Waals surface area contributed by atoms with Crippen LogP contribution in [0.25, 0.3) is 0 Å². The summed E-state index contributed by atoms with van der Waals surface area (Å²) in [5, 5.41) is 8.49. The number of hydrogen-bond acceptors (Lipinski definition) is 6. The molecule has 1 aliphatic heterocycles. The van der Waals surface area contributed by atoms with E-state index in [1.54, 1.807) is 48.5 Å². The number of rotatable bonds is 3. The molecule has 0 saturated carbocycles. The number of amides is 2. The van der Waals surface area contributed by atoms with Gasteiger partial charge in [-0.1, -0.05) is 35.5 Å². The number of amidine groups is 1. The Bertz CT molecular complexity index is 945. The van der Waals surface area contributed by atoms with Crippen molar-refractivity contribution in [1.29, 1.82) is 0 Å². The zero-order chi connectivity index (χ0) is 20.3. The number of nitrogens with one attached hydrogen (secondary N) is 1. The van der Waals surface area contributed by atoms with Crippen LogP contribution in [0.2, 0.25) is 5.02 Å². The first-order valence-corrected chi connectivity index (χ1v) is 9.49. The molecule has 3 rings (SSSR count). The van der Waals surface area contributed by atoms with Gasteiger partial charge in [-0.05, 0) is 42.0 Å². The summed E-state index contributed by atoms with van der Waals surface area (Å²) in [6.45, 7) is 2.77.